The van der Waals surface area contributed by atoms with E-state index in [1.54, 1.807) is 0 Å². The van der Waals surface area contributed by atoms with Gasteiger partial charge in [-0.05, 0) is 0 Å². The van der Waals surface area contributed by atoms with Crippen LogP contribution in [-0.4, -0.2) is 0 Å². The molecule has 0 spiro atoms. The average molecular weight is 221 g/mol. The molecule has 0 N–H and O–H groups in total. The van der Waals surface area contributed by atoms with Gasteiger partial charge in [-0.2, -0.15) is 0 Å². The third-order valence-electron chi connectivity index (χ3n) is 0. The van der Waals surface area contributed by atoms with Crippen LogP contribution in [0.3, 0.4) is 0 Å². The normalized spacial score (nSPS) is 0. The molecule has 0 rings (SSSR count). The minimum atomic E-state index is 0. The van der Waals surface area contributed by atoms with Gasteiger partial charge in [-0.15, -0.1) is 0 Å². The van der Waals surface area contributed by atoms with Crippen LogP contribution in [0.4, 0.5) is 0 Å². The maximum absolute atomic E-state index is 0. The minimum absolute atomic E-state index is 0. The Labute approximate surface area is 70.2 Å². The fraction of sp³-hybridized carbons (Fsp3) is 0. The largest absolute Gasteiger partial charge is 3.00 e. The van der Waals surface area contributed by atoms with Gasteiger partial charge in [-0.3, -0.25) is 0 Å². The zero-order chi connectivity index (χ0) is 0. The van der Waals surface area contributed by atoms with Crippen LogP contribution in [0.15, 0.2) is 0 Å². The first-order chi connectivity index (χ1) is 0. The van der Waals surface area contributed by atoms with E-state index in [1.807, 2.05) is 0 Å². The molecule has 3 nitrogen and oxygen atoms in total. The maximum Gasteiger partial charge on any atom is 3.00 e. The molecule has 0 saturated heterocycles. The Morgan fingerprint density at radius 3 is 0.667 bits per heavy atom. The van der Waals surface area contributed by atoms with Gasteiger partial charge in [0.05, 0.1) is 0 Å². The fourth-order valence-corrected chi connectivity index (χ4v) is 0. The van der Waals surface area contributed by atoms with Gasteiger partial charge in [-0.1, -0.05) is 0 Å². The van der Waals surface area contributed by atoms with Crippen molar-refractivity contribution >= 4 is 0 Å². The summed E-state index contributed by atoms with van der Waals surface area (Å²) in [6.07, 6.45) is 0. The average Bonchev–Trinajstić information content (AvgIpc) is 0. The molecule has 0 aromatic rings. The summed E-state index contributed by atoms with van der Waals surface area (Å²) in [5, 5.41) is 0. The molecule has 0 fully saturated rings. The van der Waals surface area contributed by atoms with Crippen molar-refractivity contribution in [1.82, 2.24) is 0 Å². The first-order valence-corrected chi connectivity index (χ1v) is 0. The summed E-state index contributed by atoms with van der Waals surface area (Å²) in [7, 11) is 0. The molecule has 0 aliphatic heterocycles. The molecule has 0 aromatic heterocycles. The van der Waals surface area contributed by atoms with Crippen LogP contribution >= 0.6 is 0 Å². The van der Waals surface area contributed by atoms with Gasteiger partial charge in [0.15, 0.2) is 0 Å². The van der Waals surface area contributed by atoms with Crippen LogP contribution in [0, 0.1) is 0 Å². The van der Waals surface area contributed by atoms with Crippen molar-refractivity contribution < 1.29 is 70.3 Å². The molecule has 33 valence electrons. The van der Waals surface area contributed by atoms with Crippen molar-refractivity contribution in [2.45, 2.75) is 0 Å². The first kappa shape index (κ1) is 134. The standard InChI is InChI=1S/Cr.Fe.3O.Zn/q+3;+2;3*-2;+2. The maximum atomic E-state index is 0. The van der Waals surface area contributed by atoms with E-state index in [2.05, 4.69) is 0 Å². The Hall–Kier alpha value is 1.56. The summed E-state index contributed by atoms with van der Waals surface area (Å²) in [5.41, 5.74) is 0. The molecule has 0 unspecified atom stereocenters. The number of hydrogen-bond acceptors (Lipinski definition) is 0. The summed E-state index contributed by atoms with van der Waals surface area (Å²) < 4.78 is 0. The van der Waals surface area contributed by atoms with E-state index in [0.717, 1.165) is 0 Å². The topological polar surface area (TPSA) is 85.5 Å². The van der Waals surface area contributed by atoms with Crippen LogP contribution in [0.25, 0.3) is 0 Å². The van der Waals surface area contributed by atoms with Crippen molar-refractivity contribution in [2.75, 3.05) is 0 Å². The SMILES string of the molecule is [Cr+3].[Fe+2].[O-2].[O-2].[O-2].[Zn+2]. The summed E-state index contributed by atoms with van der Waals surface area (Å²) in [6, 6.07) is 0. The molecular formula is CrFeO3Zn+. The smallest absolute Gasteiger partial charge is 2.00 e. The molecule has 0 bridgehead atoms. The molecule has 0 heterocycles. The van der Waals surface area contributed by atoms with Crippen LogP contribution in [0.2, 0.25) is 0 Å². The van der Waals surface area contributed by atoms with Crippen molar-refractivity contribution in [3.05, 3.63) is 0 Å². The molecule has 0 aromatic carbocycles. The minimum Gasteiger partial charge on any atom is -2.00 e. The van der Waals surface area contributed by atoms with E-state index in [0.29, 0.717) is 0 Å². The van der Waals surface area contributed by atoms with Gasteiger partial charge in [-0.25, -0.2) is 0 Å². The monoisotopic (exact) mass is 220 g/mol. The number of rotatable bonds is 0. The van der Waals surface area contributed by atoms with E-state index in [9.17, 15) is 0 Å². The van der Waals surface area contributed by atoms with Gasteiger partial charge in [0.2, 0.25) is 0 Å². The molecule has 0 aliphatic rings. The molecule has 0 atom stereocenters. The molecular weight excluding hydrogens is 221 g/mol. The first-order valence-electron chi connectivity index (χ1n) is 0. The second-order valence-corrected chi connectivity index (χ2v) is 0. The Morgan fingerprint density at radius 1 is 0.667 bits per heavy atom. The summed E-state index contributed by atoms with van der Waals surface area (Å²) in [5.74, 6) is 0. The van der Waals surface area contributed by atoms with Crippen molar-refractivity contribution in [3.8, 4) is 0 Å². The predicted molar refractivity (Wildman–Crippen MR) is 2.06 cm³/mol. The Kier molecular flexibility index (Phi) is 1870. The third kappa shape index (κ3) is 47.7. The summed E-state index contributed by atoms with van der Waals surface area (Å²) >= 11 is 0. The predicted octanol–water partition coefficient (Wildman–Crippen LogP) is -0.364. The molecule has 1 radical (unpaired) electrons. The van der Waals surface area contributed by atoms with Crippen LogP contribution < -0.4 is 0 Å². The fourth-order valence-electron chi connectivity index (χ4n) is 0. The molecule has 0 saturated carbocycles. The van der Waals surface area contributed by atoms with Gasteiger partial charge in [0, 0.05) is 0 Å². The Balaban J connectivity index is 0. The van der Waals surface area contributed by atoms with E-state index >= 15 is 0 Å². The third-order valence-corrected chi connectivity index (χ3v) is 0. The van der Waals surface area contributed by atoms with Gasteiger partial charge >= 0.3 is 53.9 Å². The van der Waals surface area contributed by atoms with Gasteiger partial charge < -0.3 is 16.4 Å². The zero-order valence-electron chi connectivity index (χ0n) is 2.69. The van der Waals surface area contributed by atoms with Gasteiger partial charge in [0.1, 0.15) is 0 Å². The van der Waals surface area contributed by atoms with E-state index in [1.165, 1.54) is 0 Å². The van der Waals surface area contributed by atoms with Crippen molar-refractivity contribution in [1.29, 1.82) is 0 Å². The summed E-state index contributed by atoms with van der Waals surface area (Å²) in [6.45, 7) is 0. The molecule has 6 heteroatoms. The van der Waals surface area contributed by atoms with E-state index < -0.39 is 0 Å². The zero-order valence-corrected chi connectivity index (χ0v) is 8.04. The second kappa shape index (κ2) is 83.6. The molecule has 0 aliphatic carbocycles. The van der Waals surface area contributed by atoms with Crippen molar-refractivity contribution in [3.63, 3.8) is 0 Å². The van der Waals surface area contributed by atoms with E-state index in [-0.39, 0.29) is 70.3 Å². The molecule has 6 heavy (non-hydrogen) atoms. The quantitative estimate of drug-likeness (QED) is 0.500. The van der Waals surface area contributed by atoms with E-state index in [4.69, 9.17) is 0 Å². The Morgan fingerprint density at radius 2 is 0.667 bits per heavy atom. The summed E-state index contributed by atoms with van der Waals surface area (Å²) in [4.78, 5) is 0. The van der Waals surface area contributed by atoms with Crippen LogP contribution in [0.5, 0.6) is 0 Å². The Bertz CT molecular complexity index is 10.8. The number of hydrogen-bond donors (Lipinski definition) is 0. The van der Waals surface area contributed by atoms with Crippen LogP contribution in [-0.2, 0) is 70.3 Å². The second-order valence-electron chi connectivity index (χ2n) is 0. The van der Waals surface area contributed by atoms with Crippen LogP contribution in [0.1, 0.15) is 0 Å². The van der Waals surface area contributed by atoms with Gasteiger partial charge in [0.25, 0.3) is 0 Å². The molecule has 0 amide bonds. The van der Waals surface area contributed by atoms with Crippen molar-refractivity contribution in [2.24, 2.45) is 0 Å².